The molecule has 0 bridgehead atoms. The van der Waals surface area contributed by atoms with Crippen LogP contribution in [0, 0.1) is 0 Å². The summed E-state index contributed by atoms with van der Waals surface area (Å²) in [6.07, 6.45) is 7.48. The van der Waals surface area contributed by atoms with Crippen molar-refractivity contribution in [1.29, 1.82) is 0 Å². The number of nitrogens with two attached hydrogens (primary N) is 1. The zero-order valence-corrected chi connectivity index (χ0v) is 12.4. The molecule has 2 amide bonds. The summed E-state index contributed by atoms with van der Waals surface area (Å²) < 4.78 is 0. The van der Waals surface area contributed by atoms with Crippen molar-refractivity contribution in [3.05, 3.63) is 30.5 Å². The number of urea groups is 1. The van der Waals surface area contributed by atoms with Gasteiger partial charge in [-0.05, 0) is 25.0 Å². The Morgan fingerprint density at radius 3 is 2.82 bits per heavy atom. The van der Waals surface area contributed by atoms with Crippen LogP contribution < -0.4 is 16.4 Å². The first-order valence-corrected chi connectivity index (χ1v) is 7.69. The summed E-state index contributed by atoms with van der Waals surface area (Å²) in [7, 11) is 0. The molecule has 1 aliphatic carbocycles. The van der Waals surface area contributed by atoms with E-state index in [9.17, 15) is 4.79 Å². The van der Waals surface area contributed by atoms with Gasteiger partial charge in [0.1, 0.15) is 0 Å². The Bertz CT molecular complexity index is 645. The van der Waals surface area contributed by atoms with Crippen LogP contribution in [0.4, 0.5) is 16.4 Å². The van der Waals surface area contributed by atoms with Gasteiger partial charge in [-0.1, -0.05) is 31.4 Å². The molecule has 3 rings (SSSR count). The lowest BCUT2D eigenvalue weighted by atomic mass is 9.96. The Hall–Kier alpha value is -2.50. The topological polar surface area (TPSA) is 95.8 Å². The van der Waals surface area contributed by atoms with Crippen LogP contribution in [0.1, 0.15) is 32.1 Å². The number of nitrogens with zero attached hydrogens (tertiary/aromatic N) is 1. The van der Waals surface area contributed by atoms with Gasteiger partial charge in [-0.15, -0.1) is 0 Å². The highest BCUT2D eigenvalue weighted by atomic mass is 16.2. The fourth-order valence-corrected chi connectivity index (χ4v) is 2.85. The SMILES string of the molecule is Nc1ncc(-c2cccc(NC(=O)NC3CCCCC3)c2)[nH]1. The third-order valence-electron chi connectivity index (χ3n) is 3.97. The van der Waals surface area contributed by atoms with Crippen LogP contribution in [0.25, 0.3) is 11.3 Å². The molecule has 5 N–H and O–H groups in total. The van der Waals surface area contributed by atoms with Gasteiger partial charge in [0.25, 0.3) is 0 Å². The molecular weight excluding hydrogens is 278 g/mol. The van der Waals surface area contributed by atoms with E-state index in [2.05, 4.69) is 20.6 Å². The van der Waals surface area contributed by atoms with E-state index >= 15 is 0 Å². The zero-order valence-electron chi connectivity index (χ0n) is 12.4. The number of anilines is 2. The number of hydrogen-bond donors (Lipinski definition) is 4. The van der Waals surface area contributed by atoms with Gasteiger partial charge in [-0.2, -0.15) is 0 Å². The molecule has 0 unspecified atom stereocenters. The Kier molecular flexibility index (Phi) is 4.27. The van der Waals surface area contributed by atoms with Gasteiger partial charge in [0.2, 0.25) is 0 Å². The Labute approximate surface area is 129 Å². The summed E-state index contributed by atoms with van der Waals surface area (Å²) in [6, 6.07) is 7.74. The van der Waals surface area contributed by atoms with Crippen molar-refractivity contribution >= 4 is 17.7 Å². The zero-order chi connectivity index (χ0) is 15.4. The first-order valence-electron chi connectivity index (χ1n) is 7.69. The molecule has 1 aromatic carbocycles. The van der Waals surface area contributed by atoms with Crippen LogP contribution in [-0.2, 0) is 0 Å². The number of nitrogen functional groups attached to an aromatic ring is 1. The summed E-state index contributed by atoms with van der Waals surface area (Å²) in [6.45, 7) is 0. The Morgan fingerprint density at radius 2 is 2.09 bits per heavy atom. The quantitative estimate of drug-likeness (QED) is 0.701. The molecular formula is C16H21N5O. The molecule has 116 valence electrons. The number of imidazole rings is 1. The lowest BCUT2D eigenvalue weighted by Crippen LogP contribution is -2.39. The largest absolute Gasteiger partial charge is 0.369 e. The number of amides is 2. The minimum absolute atomic E-state index is 0.145. The number of carbonyl (C=O) groups excluding carboxylic acids is 1. The van der Waals surface area contributed by atoms with Crippen molar-refractivity contribution in [1.82, 2.24) is 15.3 Å². The molecule has 1 saturated carbocycles. The minimum atomic E-state index is -0.145. The fourth-order valence-electron chi connectivity index (χ4n) is 2.85. The highest BCUT2D eigenvalue weighted by molar-refractivity contribution is 5.90. The van der Waals surface area contributed by atoms with Gasteiger partial charge in [-0.25, -0.2) is 9.78 Å². The van der Waals surface area contributed by atoms with E-state index in [0.29, 0.717) is 12.0 Å². The number of aromatic nitrogens is 2. The molecule has 1 aromatic heterocycles. The van der Waals surface area contributed by atoms with E-state index in [4.69, 9.17) is 5.73 Å². The maximum absolute atomic E-state index is 12.1. The van der Waals surface area contributed by atoms with Crippen LogP contribution in [0.15, 0.2) is 30.5 Å². The molecule has 2 aromatic rings. The lowest BCUT2D eigenvalue weighted by molar-refractivity contribution is 0.244. The first kappa shape index (κ1) is 14.4. The van der Waals surface area contributed by atoms with E-state index < -0.39 is 0 Å². The molecule has 1 fully saturated rings. The van der Waals surface area contributed by atoms with Crippen molar-refractivity contribution in [2.45, 2.75) is 38.1 Å². The average molecular weight is 299 g/mol. The van der Waals surface area contributed by atoms with Crippen molar-refractivity contribution in [2.75, 3.05) is 11.1 Å². The van der Waals surface area contributed by atoms with Gasteiger partial charge < -0.3 is 21.4 Å². The van der Waals surface area contributed by atoms with Crippen LogP contribution in [-0.4, -0.2) is 22.0 Å². The second-order valence-corrected chi connectivity index (χ2v) is 5.70. The van der Waals surface area contributed by atoms with Gasteiger partial charge in [-0.3, -0.25) is 0 Å². The highest BCUT2D eigenvalue weighted by Crippen LogP contribution is 2.22. The molecule has 0 aliphatic heterocycles. The summed E-state index contributed by atoms with van der Waals surface area (Å²) in [4.78, 5) is 19.0. The van der Waals surface area contributed by atoms with Gasteiger partial charge >= 0.3 is 6.03 Å². The molecule has 0 radical (unpaired) electrons. The molecule has 1 aliphatic rings. The van der Waals surface area contributed by atoms with E-state index in [1.165, 1.54) is 19.3 Å². The van der Waals surface area contributed by atoms with Crippen LogP contribution in [0.3, 0.4) is 0 Å². The number of carbonyl (C=O) groups is 1. The lowest BCUT2D eigenvalue weighted by Gasteiger charge is -2.22. The summed E-state index contributed by atoms with van der Waals surface area (Å²) in [5.41, 5.74) is 8.10. The van der Waals surface area contributed by atoms with E-state index in [1.807, 2.05) is 24.3 Å². The third-order valence-corrected chi connectivity index (χ3v) is 3.97. The predicted molar refractivity (Wildman–Crippen MR) is 87.5 cm³/mol. The monoisotopic (exact) mass is 299 g/mol. The minimum Gasteiger partial charge on any atom is -0.369 e. The maximum atomic E-state index is 12.1. The summed E-state index contributed by atoms with van der Waals surface area (Å²) in [5.74, 6) is 0.378. The van der Waals surface area contributed by atoms with Gasteiger partial charge in [0.15, 0.2) is 5.95 Å². The van der Waals surface area contributed by atoms with Crippen molar-refractivity contribution in [3.63, 3.8) is 0 Å². The van der Waals surface area contributed by atoms with Crippen molar-refractivity contribution in [2.24, 2.45) is 0 Å². The summed E-state index contributed by atoms with van der Waals surface area (Å²) in [5, 5.41) is 5.93. The molecule has 0 saturated heterocycles. The van der Waals surface area contributed by atoms with Crippen LogP contribution in [0.5, 0.6) is 0 Å². The number of H-pyrrole nitrogens is 1. The van der Waals surface area contributed by atoms with Crippen molar-refractivity contribution in [3.8, 4) is 11.3 Å². The second kappa shape index (κ2) is 6.51. The Balaban J connectivity index is 1.63. The molecule has 6 heteroatoms. The summed E-state index contributed by atoms with van der Waals surface area (Å²) >= 11 is 0. The molecule has 0 spiro atoms. The van der Waals surface area contributed by atoms with Gasteiger partial charge in [0.05, 0.1) is 11.9 Å². The number of aromatic amines is 1. The number of rotatable bonds is 3. The standard InChI is InChI=1S/C16H21N5O/c17-15-18-10-14(21-15)11-5-4-8-13(9-11)20-16(22)19-12-6-2-1-3-7-12/h4-5,8-10,12H,1-3,6-7H2,(H3,17,18,21)(H2,19,20,22). The Morgan fingerprint density at radius 1 is 1.27 bits per heavy atom. The van der Waals surface area contributed by atoms with Crippen LogP contribution in [0.2, 0.25) is 0 Å². The number of nitrogens with one attached hydrogen (secondary N) is 3. The molecule has 22 heavy (non-hydrogen) atoms. The van der Waals surface area contributed by atoms with E-state index in [1.54, 1.807) is 6.20 Å². The van der Waals surface area contributed by atoms with E-state index in [-0.39, 0.29) is 6.03 Å². The predicted octanol–water partition coefficient (Wildman–Crippen LogP) is 3.11. The van der Waals surface area contributed by atoms with Crippen molar-refractivity contribution < 1.29 is 4.79 Å². The molecule has 0 atom stereocenters. The average Bonchev–Trinajstić information content (AvgIpc) is 2.95. The van der Waals surface area contributed by atoms with Gasteiger partial charge in [0, 0.05) is 17.3 Å². The fraction of sp³-hybridized carbons (Fsp3) is 0.375. The van der Waals surface area contributed by atoms with E-state index in [0.717, 1.165) is 29.8 Å². The van der Waals surface area contributed by atoms with Crippen LogP contribution >= 0.6 is 0 Å². The smallest absolute Gasteiger partial charge is 0.319 e. The highest BCUT2D eigenvalue weighted by Gasteiger charge is 2.15. The third kappa shape index (κ3) is 3.58. The molecule has 1 heterocycles. The number of hydrogen-bond acceptors (Lipinski definition) is 3. The normalized spacial score (nSPS) is 15.5. The molecule has 6 nitrogen and oxygen atoms in total. The first-order chi connectivity index (χ1) is 10.7. The maximum Gasteiger partial charge on any atom is 0.319 e. The number of benzene rings is 1. The second-order valence-electron chi connectivity index (χ2n) is 5.70.